The van der Waals surface area contributed by atoms with Gasteiger partial charge in [0.25, 0.3) is 0 Å². The number of rotatable bonds is 11. The molecule has 0 fully saturated rings. The van der Waals surface area contributed by atoms with Crippen molar-refractivity contribution in [3.05, 3.63) is 145 Å². The topological polar surface area (TPSA) is 49.7 Å². The first-order chi connectivity index (χ1) is 19.6. The molecule has 5 rings (SSSR count). The van der Waals surface area contributed by atoms with Gasteiger partial charge in [0.1, 0.15) is 40.4 Å². The van der Waals surface area contributed by atoms with Gasteiger partial charge in [0, 0.05) is 6.07 Å². The van der Waals surface area contributed by atoms with Crippen LogP contribution in [0.4, 0.5) is 0 Å². The normalized spacial score (nSPS) is 11.5. The maximum Gasteiger partial charge on any atom is 0.119 e. The Bertz CT molecular complexity index is 1400. The number of aromatic hydroxyl groups is 2. The summed E-state index contributed by atoms with van der Waals surface area (Å²) in [6.07, 6.45) is 6.92. The van der Waals surface area contributed by atoms with E-state index in [4.69, 9.17) is 4.74 Å². The fourth-order valence-electron chi connectivity index (χ4n) is 5.10. The third-order valence-electron chi connectivity index (χ3n) is 7.02. The van der Waals surface area contributed by atoms with Gasteiger partial charge < -0.3 is 14.9 Å². The highest BCUT2D eigenvalue weighted by Crippen LogP contribution is 2.55. The molecule has 0 aliphatic carbocycles. The maximum absolute atomic E-state index is 9.66. The summed E-state index contributed by atoms with van der Waals surface area (Å²) in [4.78, 5) is 0. The molecule has 0 unspecified atom stereocenters. The van der Waals surface area contributed by atoms with Crippen molar-refractivity contribution in [2.45, 2.75) is 12.8 Å². The molecule has 0 heterocycles. The number of phenols is 2. The molecular formula is C36H34O3P+. The average Bonchev–Trinajstić information content (AvgIpc) is 2.99. The van der Waals surface area contributed by atoms with E-state index in [1.54, 1.807) is 12.1 Å². The standard InChI is InChI=1S/C36H33O3P/c37-31-26-30(27-32(38)28-31)19-18-29-20-22-33(23-21-29)39-24-10-11-25-40(34-12-4-1-5-13-34,35-14-6-2-7-15-35)36-16-8-3-9-17-36/h1-9,12-23,26-28H,10-11,24-25H2,(H-,37,38)/p+1/b19-18+. The summed E-state index contributed by atoms with van der Waals surface area (Å²) in [7, 11) is -1.81. The lowest BCUT2D eigenvalue weighted by atomic mass is 10.1. The Balaban J connectivity index is 1.24. The lowest BCUT2D eigenvalue weighted by Gasteiger charge is -2.27. The van der Waals surface area contributed by atoms with E-state index in [1.165, 1.54) is 22.0 Å². The van der Waals surface area contributed by atoms with Crippen LogP contribution >= 0.6 is 7.26 Å². The maximum atomic E-state index is 9.66. The van der Waals surface area contributed by atoms with E-state index in [0.29, 0.717) is 6.61 Å². The second kappa shape index (κ2) is 13.2. The van der Waals surface area contributed by atoms with Gasteiger partial charge in [-0.15, -0.1) is 0 Å². The highest BCUT2D eigenvalue weighted by Gasteiger charge is 2.44. The molecule has 40 heavy (non-hydrogen) atoms. The summed E-state index contributed by atoms with van der Waals surface area (Å²) in [5, 5.41) is 23.6. The fourth-order valence-corrected chi connectivity index (χ4v) is 9.52. The van der Waals surface area contributed by atoms with Crippen molar-refractivity contribution in [2.24, 2.45) is 0 Å². The van der Waals surface area contributed by atoms with Gasteiger partial charge in [-0.1, -0.05) is 78.9 Å². The summed E-state index contributed by atoms with van der Waals surface area (Å²) < 4.78 is 6.11. The first-order valence-corrected chi connectivity index (χ1v) is 15.6. The molecule has 0 aliphatic heterocycles. The number of hydrogen-bond acceptors (Lipinski definition) is 3. The predicted octanol–water partition coefficient (Wildman–Crippen LogP) is 7.42. The van der Waals surface area contributed by atoms with Crippen LogP contribution in [0, 0.1) is 0 Å². The Morgan fingerprint density at radius 2 is 1.00 bits per heavy atom. The molecule has 5 aromatic rings. The predicted molar refractivity (Wildman–Crippen MR) is 170 cm³/mol. The Kier molecular flexibility index (Phi) is 8.96. The van der Waals surface area contributed by atoms with E-state index in [-0.39, 0.29) is 11.5 Å². The molecule has 0 saturated heterocycles. The van der Waals surface area contributed by atoms with Gasteiger partial charge in [0.2, 0.25) is 0 Å². The molecule has 4 heteroatoms. The monoisotopic (exact) mass is 545 g/mol. The molecular weight excluding hydrogens is 511 g/mol. The number of phenolic OH excluding ortho intramolecular Hbond substituents is 2. The quantitative estimate of drug-likeness (QED) is 0.103. The average molecular weight is 546 g/mol. The van der Waals surface area contributed by atoms with Gasteiger partial charge in [-0.25, -0.2) is 0 Å². The van der Waals surface area contributed by atoms with Crippen LogP contribution in [0.2, 0.25) is 0 Å². The molecule has 2 N–H and O–H groups in total. The Labute approximate surface area is 237 Å². The van der Waals surface area contributed by atoms with Crippen LogP contribution < -0.4 is 20.7 Å². The molecule has 5 aromatic carbocycles. The van der Waals surface area contributed by atoms with Gasteiger partial charge in [0.05, 0.1) is 12.8 Å². The van der Waals surface area contributed by atoms with E-state index < -0.39 is 7.26 Å². The summed E-state index contributed by atoms with van der Waals surface area (Å²) in [6.45, 7) is 0.663. The Morgan fingerprint density at radius 3 is 1.50 bits per heavy atom. The zero-order valence-electron chi connectivity index (χ0n) is 22.4. The zero-order valence-corrected chi connectivity index (χ0v) is 23.3. The van der Waals surface area contributed by atoms with Gasteiger partial charge in [-0.3, -0.25) is 0 Å². The molecule has 200 valence electrons. The SMILES string of the molecule is Oc1cc(O)cc(/C=C/c2ccc(OCCCC[P+](c3ccccc3)(c3ccccc3)c3ccccc3)cc2)c1. The fraction of sp³-hybridized carbons (Fsp3) is 0.111. The molecule has 0 spiro atoms. The molecule has 0 amide bonds. The van der Waals surface area contributed by atoms with Crippen molar-refractivity contribution in [3.8, 4) is 17.2 Å². The highest BCUT2D eigenvalue weighted by molar-refractivity contribution is 7.95. The van der Waals surface area contributed by atoms with Gasteiger partial charge in [0.15, 0.2) is 0 Å². The van der Waals surface area contributed by atoms with Crippen molar-refractivity contribution in [2.75, 3.05) is 12.8 Å². The largest absolute Gasteiger partial charge is 0.508 e. The summed E-state index contributed by atoms with van der Waals surface area (Å²) >= 11 is 0. The number of benzene rings is 5. The van der Waals surface area contributed by atoms with Crippen LogP contribution in [-0.2, 0) is 0 Å². The van der Waals surface area contributed by atoms with Crippen LogP contribution in [0.3, 0.4) is 0 Å². The van der Waals surface area contributed by atoms with Crippen LogP contribution in [0.25, 0.3) is 12.2 Å². The van der Waals surface area contributed by atoms with Crippen LogP contribution in [-0.4, -0.2) is 23.0 Å². The summed E-state index contributed by atoms with van der Waals surface area (Å²) in [6, 6.07) is 45.5. The third-order valence-corrected chi connectivity index (χ3v) is 11.5. The molecule has 0 atom stereocenters. The minimum atomic E-state index is -1.81. The van der Waals surface area contributed by atoms with Gasteiger partial charge in [-0.2, -0.15) is 0 Å². The van der Waals surface area contributed by atoms with E-state index in [0.717, 1.165) is 35.9 Å². The van der Waals surface area contributed by atoms with Crippen LogP contribution in [0.15, 0.2) is 133 Å². The number of hydrogen-bond donors (Lipinski definition) is 2. The number of ether oxygens (including phenoxy) is 1. The van der Waals surface area contributed by atoms with Crippen LogP contribution in [0.5, 0.6) is 17.2 Å². The minimum absolute atomic E-state index is 0.0408. The van der Waals surface area contributed by atoms with Crippen molar-refractivity contribution < 1.29 is 14.9 Å². The smallest absolute Gasteiger partial charge is 0.119 e. The van der Waals surface area contributed by atoms with E-state index in [1.807, 2.05) is 36.4 Å². The van der Waals surface area contributed by atoms with Crippen molar-refractivity contribution >= 4 is 35.3 Å². The summed E-state index contributed by atoms with van der Waals surface area (Å²) in [5.74, 6) is 0.931. The zero-order chi connectivity index (χ0) is 27.6. The molecule has 3 nitrogen and oxygen atoms in total. The molecule has 0 radical (unpaired) electrons. The molecule has 0 aliphatic rings. The minimum Gasteiger partial charge on any atom is -0.508 e. The second-order valence-corrected chi connectivity index (χ2v) is 13.4. The third kappa shape index (κ3) is 6.62. The summed E-state index contributed by atoms with van der Waals surface area (Å²) in [5.41, 5.74) is 1.75. The second-order valence-electron chi connectivity index (χ2n) is 9.78. The van der Waals surface area contributed by atoms with E-state index in [9.17, 15) is 10.2 Å². The lowest BCUT2D eigenvalue weighted by Crippen LogP contribution is -2.33. The number of unbranched alkanes of at least 4 members (excludes halogenated alkanes) is 1. The van der Waals surface area contributed by atoms with E-state index >= 15 is 0 Å². The molecule has 0 bridgehead atoms. The molecule has 0 aromatic heterocycles. The van der Waals surface area contributed by atoms with E-state index in [2.05, 4.69) is 91.0 Å². The van der Waals surface area contributed by atoms with Crippen molar-refractivity contribution in [1.82, 2.24) is 0 Å². The van der Waals surface area contributed by atoms with Gasteiger partial charge in [-0.05, 0) is 84.6 Å². The van der Waals surface area contributed by atoms with Crippen LogP contribution in [0.1, 0.15) is 24.0 Å². The van der Waals surface area contributed by atoms with Gasteiger partial charge >= 0.3 is 0 Å². The van der Waals surface area contributed by atoms with Crippen molar-refractivity contribution in [1.29, 1.82) is 0 Å². The first kappa shape index (κ1) is 27.2. The van der Waals surface area contributed by atoms with Crippen molar-refractivity contribution in [3.63, 3.8) is 0 Å². The highest BCUT2D eigenvalue weighted by atomic mass is 31.2. The Morgan fingerprint density at radius 1 is 0.525 bits per heavy atom. The molecule has 0 saturated carbocycles. The lowest BCUT2D eigenvalue weighted by molar-refractivity contribution is 0.309. The first-order valence-electron chi connectivity index (χ1n) is 13.6. The Hall–Kier alpha value is -4.33.